The molecular formula is C16H19N3O5. The lowest BCUT2D eigenvalue weighted by atomic mass is 9.91. The number of hydrogen-bond donors (Lipinski definition) is 2. The highest BCUT2D eigenvalue weighted by Crippen LogP contribution is 2.37. The van der Waals surface area contributed by atoms with Gasteiger partial charge in [-0.3, -0.25) is 14.5 Å². The summed E-state index contributed by atoms with van der Waals surface area (Å²) in [5.74, 6) is 0.276. The van der Waals surface area contributed by atoms with Crippen LogP contribution in [0.4, 0.5) is 4.79 Å². The number of benzene rings is 1. The third-order valence-electron chi connectivity index (χ3n) is 4.10. The van der Waals surface area contributed by atoms with E-state index in [9.17, 15) is 14.4 Å². The molecule has 1 aromatic rings. The number of nitrogens with one attached hydrogen (secondary N) is 2. The van der Waals surface area contributed by atoms with Gasteiger partial charge in [0.05, 0.1) is 0 Å². The zero-order chi connectivity index (χ0) is 17.3. The number of nitrogens with zero attached hydrogens (tertiary/aromatic N) is 1. The van der Waals surface area contributed by atoms with Gasteiger partial charge in [0.2, 0.25) is 12.7 Å². The first kappa shape index (κ1) is 16.1. The second kappa shape index (κ2) is 6.03. The molecule has 2 aliphatic heterocycles. The first-order valence-electron chi connectivity index (χ1n) is 7.76. The van der Waals surface area contributed by atoms with Gasteiger partial charge in [-0.2, -0.15) is 0 Å². The summed E-state index contributed by atoms with van der Waals surface area (Å²) < 4.78 is 10.6. The highest BCUT2D eigenvalue weighted by molar-refractivity contribution is 6.09. The second-order valence-electron chi connectivity index (χ2n) is 5.86. The van der Waals surface area contributed by atoms with Gasteiger partial charge >= 0.3 is 6.03 Å². The predicted octanol–water partition coefficient (Wildman–Crippen LogP) is 0.708. The van der Waals surface area contributed by atoms with Crippen molar-refractivity contribution < 1.29 is 23.9 Å². The molecule has 0 bridgehead atoms. The summed E-state index contributed by atoms with van der Waals surface area (Å²) in [5.41, 5.74) is -0.676. The van der Waals surface area contributed by atoms with Gasteiger partial charge in [0.25, 0.3) is 5.91 Å². The fourth-order valence-electron chi connectivity index (χ4n) is 2.71. The van der Waals surface area contributed by atoms with Gasteiger partial charge in [-0.25, -0.2) is 4.79 Å². The monoisotopic (exact) mass is 333 g/mol. The summed E-state index contributed by atoms with van der Waals surface area (Å²) in [6.45, 7) is 3.85. The Hall–Kier alpha value is -2.77. The van der Waals surface area contributed by atoms with E-state index in [2.05, 4.69) is 10.6 Å². The maximum Gasteiger partial charge on any atom is 0.325 e. The van der Waals surface area contributed by atoms with E-state index in [4.69, 9.17) is 9.47 Å². The fraction of sp³-hybridized carbons (Fsp3) is 0.438. The topological polar surface area (TPSA) is 97.0 Å². The summed E-state index contributed by atoms with van der Waals surface area (Å²) in [4.78, 5) is 37.7. The van der Waals surface area contributed by atoms with Crippen molar-refractivity contribution in [3.05, 3.63) is 23.8 Å². The smallest absolute Gasteiger partial charge is 0.325 e. The van der Waals surface area contributed by atoms with Crippen molar-refractivity contribution in [1.29, 1.82) is 0 Å². The van der Waals surface area contributed by atoms with Gasteiger partial charge in [0.1, 0.15) is 12.1 Å². The molecule has 4 amide bonds. The minimum Gasteiger partial charge on any atom is -0.454 e. The molecule has 1 fully saturated rings. The molecule has 2 N–H and O–H groups in total. The highest BCUT2D eigenvalue weighted by Gasteiger charge is 2.49. The van der Waals surface area contributed by atoms with Gasteiger partial charge in [-0.1, -0.05) is 13.0 Å². The minimum absolute atomic E-state index is 0.125. The Morgan fingerprint density at radius 3 is 2.83 bits per heavy atom. The largest absolute Gasteiger partial charge is 0.454 e. The van der Waals surface area contributed by atoms with E-state index >= 15 is 0 Å². The van der Waals surface area contributed by atoms with Crippen LogP contribution in [0.2, 0.25) is 0 Å². The molecule has 1 saturated heterocycles. The second-order valence-corrected chi connectivity index (χ2v) is 5.86. The predicted molar refractivity (Wildman–Crippen MR) is 83.5 cm³/mol. The van der Waals surface area contributed by atoms with Crippen molar-refractivity contribution in [2.24, 2.45) is 0 Å². The summed E-state index contributed by atoms with van der Waals surface area (Å²) in [6.07, 6.45) is 0.779. The zero-order valence-electron chi connectivity index (χ0n) is 13.5. The third-order valence-corrected chi connectivity index (χ3v) is 4.10. The summed E-state index contributed by atoms with van der Waals surface area (Å²) >= 11 is 0. The van der Waals surface area contributed by atoms with Gasteiger partial charge in [0, 0.05) is 6.54 Å². The van der Waals surface area contributed by atoms with Crippen molar-refractivity contribution in [2.45, 2.75) is 25.8 Å². The SMILES string of the molecule is CCCNC(=O)CN1C(=O)N[C@](C)(c2ccc3c(c2)OCO3)C1=O. The molecule has 0 aromatic heterocycles. The lowest BCUT2D eigenvalue weighted by molar-refractivity contribution is -0.134. The minimum atomic E-state index is -1.25. The number of rotatable bonds is 5. The van der Waals surface area contributed by atoms with Crippen LogP contribution in [-0.4, -0.2) is 42.6 Å². The molecule has 8 heteroatoms. The highest BCUT2D eigenvalue weighted by atomic mass is 16.7. The van der Waals surface area contributed by atoms with Crippen LogP contribution in [0.1, 0.15) is 25.8 Å². The number of urea groups is 1. The van der Waals surface area contributed by atoms with Crippen LogP contribution < -0.4 is 20.1 Å². The number of fused-ring (bicyclic) bond motifs is 1. The zero-order valence-corrected chi connectivity index (χ0v) is 13.5. The van der Waals surface area contributed by atoms with Crippen molar-refractivity contribution >= 4 is 17.8 Å². The number of carbonyl (C=O) groups is 3. The van der Waals surface area contributed by atoms with Crippen molar-refractivity contribution in [3.63, 3.8) is 0 Å². The Morgan fingerprint density at radius 1 is 1.33 bits per heavy atom. The number of carbonyl (C=O) groups excluding carboxylic acids is 3. The molecule has 0 aliphatic carbocycles. The number of amides is 4. The molecule has 24 heavy (non-hydrogen) atoms. The number of ether oxygens (including phenoxy) is 2. The lowest BCUT2D eigenvalue weighted by Gasteiger charge is -2.22. The molecule has 0 unspecified atom stereocenters. The molecule has 1 atom stereocenters. The average molecular weight is 333 g/mol. The van der Waals surface area contributed by atoms with Gasteiger partial charge < -0.3 is 20.1 Å². The third kappa shape index (κ3) is 2.64. The Morgan fingerprint density at radius 2 is 2.08 bits per heavy atom. The van der Waals surface area contributed by atoms with Crippen LogP contribution in [0.5, 0.6) is 11.5 Å². The Kier molecular flexibility index (Phi) is 4.04. The Balaban J connectivity index is 1.80. The lowest BCUT2D eigenvalue weighted by Crippen LogP contribution is -2.43. The average Bonchev–Trinajstić information content (AvgIpc) is 3.11. The summed E-state index contributed by atoms with van der Waals surface area (Å²) in [7, 11) is 0. The van der Waals surface area contributed by atoms with Crippen LogP contribution in [0, 0.1) is 0 Å². The van der Waals surface area contributed by atoms with E-state index < -0.39 is 17.5 Å². The molecule has 128 valence electrons. The quantitative estimate of drug-likeness (QED) is 0.774. The van der Waals surface area contributed by atoms with Crippen LogP contribution in [0.15, 0.2) is 18.2 Å². The number of hydrogen-bond acceptors (Lipinski definition) is 5. The van der Waals surface area contributed by atoms with Gasteiger partial charge in [-0.15, -0.1) is 0 Å². The van der Waals surface area contributed by atoms with Crippen LogP contribution >= 0.6 is 0 Å². The number of imide groups is 1. The fourth-order valence-corrected chi connectivity index (χ4v) is 2.71. The van der Waals surface area contributed by atoms with Crippen LogP contribution in [0.25, 0.3) is 0 Å². The Bertz CT molecular complexity index is 705. The molecule has 1 aromatic carbocycles. The molecule has 3 rings (SSSR count). The van der Waals surface area contributed by atoms with Crippen molar-refractivity contribution in [1.82, 2.24) is 15.5 Å². The van der Waals surface area contributed by atoms with Crippen molar-refractivity contribution in [3.8, 4) is 11.5 Å². The first-order valence-corrected chi connectivity index (χ1v) is 7.76. The van der Waals surface area contributed by atoms with Crippen molar-refractivity contribution in [2.75, 3.05) is 19.9 Å². The van der Waals surface area contributed by atoms with E-state index in [0.29, 0.717) is 23.6 Å². The molecular weight excluding hydrogens is 314 g/mol. The van der Waals surface area contributed by atoms with E-state index in [1.165, 1.54) is 0 Å². The van der Waals surface area contributed by atoms with E-state index in [1.54, 1.807) is 25.1 Å². The van der Waals surface area contributed by atoms with Gasteiger partial charge in [-0.05, 0) is 31.0 Å². The van der Waals surface area contributed by atoms with E-state index in [-0.39, 0.29) is 19.2 Å². The Labute approximate surface area is 139 Å². The maximum atomic E-state index is 12.7. The first-order chi connectivity index (χ1) is 11.5. The normalized spacial score (nSPS) is 21.8. The van der Waals surface area contributed by atoms with Crippen LogP contribution in [0.3, 0.4) is 0 Å². The molecule has 0 spiro atoms. The standard InChI is InChI=1S/C16H19N3O5/c1-3-6-17-13(20)8-19-14(21)16(2,18-15(19)22)10-4-5-11-12(7-10)24-9-23-11/h4-5,7H,3,6,8-9H2,1-2H3,(H,17,20)(H,18,22)/t16-/m1/s1. The van der Waals surface area contributed by atoms with Gasteiger partial charge in [0.15, 0.2) is 11.5 Å². The summed E-state index contributed by atoms with van der Waals surface area (Å²) in [5, 5.41) is 5.31. The van der Waals surface area contributed by atoms with E-state index in [1.807, 2.05) is 6.92 Å². The molecule has 0 radical (unpaired) electrons. The molecule has 2 aliphatic rings. The maximum absolute atomic E-state index is 12.7. The van der Waals surface area contributed by atoms with E-state index in [0.717, 1.165) is 11.3 Å². The molecule has 0 saturated carbocycles. The molecule has 2 heterocycles. The van der Waals surface area contributed by atoms with Crippen LogP contribution in [-0.2, 0) is 15.1 Å². The summed E-state index contributed by atoms with van der Waals surface area (Å²) in [6, 6.07) is 4.47. The molecule has 8 nitrogen and oxygen atoms in total.